The Morgan fingerprint density at radius 2 is 2.06 bits per heavy atom. The molecule has 0 unspecified atom stereocenters. The van der Waals surface area contributed by atoms with E-state index in [1.165, 1.54) is 0 Å². The standard InChI is InChI=1S/C13H17N3O2/c1-2-3-12-15-13(18-16-12)11(14)8-9-4-6-10(17)7-5-9/h4-7,11,17H,2-3,8,14H2,1H3/t11-/m0/s1. The summed E-state index contributed by atoms with van der Waals surface area (Å²) in [5.74, 6) is 1.41. The highest BCUT2D eigenvalue weighted by Crippen LogP contribution is 2.17. The molecule has 1 aromatic heterocycles. The molecule has 1 heterocycles. The Kier molecular flexibility index (Phi) is 3.94. The minimum atomic E-state index is -0.312. The van der Waals surface area contributed by atoms with E-state index < -0.39 is 0 Å². The first-order valence-electron chi connectivity index (χ1n) is 6.05. The SMILES string of the molecule is CCCc1noc([C@@H](N)Cc2ccc(O)cc2)n1. The van der Waals surface area contributed by atoms with Gasteiger partial charge in [-0.1, -0.05) is 24.2 Å². The van der Waals surface area contributed by atoms with Crippen LogP contribution in [0.5, 0.6) is 5.75 Å². The predicted octanol–water partition coefficient (Wildman–Crippen LogP) is 1.97. The molecule has 18 heavy (non-hydrogen) atoms. The summed E-state index contributed by atoms with van der Waals surface area (Å²) in [5, 5.41) is 13.1. The van der Waals surface area contributed by atoms with Gasteiger partial charge in [0.25, 0.3) is 0 Å². The highest BCUT2D eigenvalue weighted by Gasteiger charge is 2.15. The maximum Gasteiger partial charge on any atom is 0.243 e. The quantitative estimate of drug-likeness (QED) is 0.843. The zero-order valence-electron chi connectivity index (χ0n) is 10.3. The molecule has 96 valence electrons. The lowest BCUT2D eigenvalue weighted by molar-refractivity contribution is 0.350. The van der Waals surface area contributed by atoms with E-state index in [1.54, 1.807) is 12.1 Å². The van der Waals surface area contributed by atoms with Crippen molar-refractivity contribution < 1.29 is 9.63 Å². The van der Waals surface area contributed by atoms with E-state index in [-0.39, 0.29) is 11.8 Å². The maximum absolute atomic E-state index is 9.20. The van der Waals surface area contributed by atoms with Crippen LogP contribution < -0.4 is 5.73 Å². The number of phenols is 1. The van der Waals surface area contributed by atoms with Crippen molar-refractivity contribution in [2.45, 2.75) is 32.2 Å². The van der Waals surface area contributed by atoms with Crippen LogP contribution in [0.4, 0.5) is 0 Å². The molecule has 1 aromatic carbocycles. The van der Waals surface area contributed by atoms with Gasteiger partial charge < -0.3 is 15.4 Å². The molecule has 0 aliphatic rings. The Morgan fingerprint density at radius 1 is 1.33 bits per heavy atom. The molecule has 3 N–H and O–H groups in total. The second-order valence-electron chi connectivity index (χ2n) is 4.28. The molecule has 2 rings (SSSR count). The predicted molar refractivity (Wildman–Crippen MR) is 67.0 cm³/mol. The van der Waals surface area contributed by atoms with E-state index in [2.05, 4.69) is 17.1 Å². The molecule has 2 aromatic rings. The smallest absolute Gasteiger partial charge is 0.243 e. The van der Waals surface area contributed by atoms with Crippen LogP contribution in [0.1, 0.15) is 36.7 Å². The number of nitrogens with two attached hydrogens (primary N) is 1. The topological polar surface area (TPSA) is 85.2 Å². The Hall–Kier alpha value is -1.88. The number of aryl methyl sites for hydroxylation is 1. The van der Waals surface area contributed by atoms with E-state index in [9.17, 15) is 5.11 Å². The number of aromatic hydroxyl groups is 1. The third-order valence-corrected chi connectivity index (χ3v) is 2.67. The molecule has 5 nitrogen and oxygen atoms in total. The summed E-state index contributed by atoms with van der Waals surface area (Å²) < 4.78 is 5.14. The van der Waals surface area contributed by atoms with Crippen LogP contribution in [0.2, 0.25) is 0 Å². The van der Waals surface area contributed by atoms with Gasteiger partial charge in [-0.25, -0.2) is 0 Å². The number of nitrogens with zero attached hydrogens (tertiary/aromatic N) is 2. The molecule has 0 bridgehead atoms. The monoisotopic (exact) mass is 247 g/mol. The second-order valence-corrected chi connectivity index (χ2v) is 4.28. The van der Waals surface area contributed by atoms with Gasteiger partial charge in [-0.15, -0.1) is 0 Å². The van der Waals surface area contributed by atoms with E-state index in [1.807, 2.05) is 12.1 Å². The normalized spacial score (nSPS) is 12.6. The van der Waals surface area contributed by atoms with Crippen molar-refractivity contribution in [1.82, 2.24) is 10.1 Å². The van der Waals surface area contributed by atoms with Crippen molar-refractivity contribution in [2.75, 3.05) is 0 Å². The Bertz CT molecular complexity index is 493. The maximum atomic E-state index is 9.20. The van der Waals surface area contributed by atoms with Crippen LogP contribution in [0, 0.1) is 0 Å². The van der Waals surface area contributed by atoms with Crippen LogP contribution >= 0.6 is 0 Å². The zero-order valence-corrected chi connectivity index (χ0v) is 10.3. The summed E-state index contributed by atoms with van der Waals surface area (Å²) in [4.78, 5) is 4.26. The first kappa shape index (κ1) is 12.6. The zero-order chi connectivity index (χ0) is 13.0. The van der Waals surface area contributed by atoms with Crippen LogP contribution in [-0.2, 0) is 12.8 Å². The van der Waals surface area contributed by atoms with Gasteiger partial charge in [0.1, 0.15) is 5.75 Å². The third-order valence-electron chi connectivity index (χ3n) is 2.67. The highest BCUT2D eigenvalue weighted by molar-refractivity contribution is 5.26. The molecular weight excluding hydrogens is 230 g/mol. The van der Waals surface area contributed by atoms with Gasteiger partial charge in [-0.05, 0) is 30.5 Å². The molecule has 0 aliphatic heterocycles. The molecule has 0 spiro atoms. The van der Waals surface area contributed by atoms with Crippen LogP contribution in [0.3, 0.4) is 0 Å². The number of aromatic nitrogens is 2. The molecule has 0 aliphatic carbocycles. The summed E-state index contributed by atoms with van der Waals surface area (Å²) in [7, 11) is 0. The Balaban J connectivity index is 2.02. The molecule has 0 radical (unpaired) electrons. The van der Waals surface area contributed by atoms with Gasteiger partial charge in [-0.3, -0.25) is 0 Å². The lowest BCUT2D eigenvalue weighted by Crippen LogP contribution is -2.13. The number of rotatable bonds is 5. The van der Waals surface area contributed by atoms with Crippen molar-refractivity contribution in [2.24, 2.45) is 5.73 Å². The Morgan fingerprint density at radius 3 is 2.72 bits per heavy atom. The first-order chi connectivity index (χ1) is 8.69. The van der Waals surface area contributed by atoms with E-state index in [0.717, 1.165) is 18.4 Å². The van der Waals surface area contributed by atoms with Crippen molar-refractivity contribution in [3.8, 4) is 5.75 Å². The van der Waals surface area contributed by atoms with Gasteiger partial charge >= 0.3 is 0 Å². The number of benzene rings is 1. The first-order valence-corrected chi connectivity index (χ1v) is 6.05. The Labute approximate surface area is 106 Å². The summed E-state index contributed by atoms with van der Waals surface area (Å²) >= 11 is 0. The molecule has 0 saturated heterocycles. The summed E-state index contributed by atoms with van der Waals surface area (Å²) in [6, 6.07) is 6.63. The minimum Gasteiger partial charge on any atom is -0.508 e. The van der Waals surface area contributed by atoms with Crippen molar-refractivity contribution in [1.29, 1.82) is 0 Å². The fraction of sp³-hybridized carbons (Fsp3) is 0.385. The van der Waals surface area contributed by atoms with Gasteiger partial charge in [0, 0.05) is 6.42 Å². The van der Waals surface area contributed by atoms with Gasteiger partial charge in [0.2, 0.25) is 5.89 Å². The second kappa shape index (κ2) is 5.64. The average Bonchev–Trinajstić information content (AvgIpc) is 2.81. The van der Waals surface area contributed by atoms with Crippen molar-refractivity contribution in [3.05, 3.63) is 41.5 Å². The number of phenolic OH excluding ortho intramolecular Hbond substituents is 1. The van der Waals surface area contributed by atoms with Crippen LogP contribution in [0.25, 0.3) is 0 Å². The van der Waals surface area contributed by atoms with Crippen LogP contribution in [0.15, 0.2) is 28.8 Å². The molecule has 0 fully saturated rings. The van der Waals surface area contributed by atoms with Gasteiger partial charge in [0.15, 0.2) is 5.82 Å². The lowest BCUT2D eigenvalue weighted by Gasteiger charge is -2.06. The summed E-state index contributed by atoms with van der Waals surface area (Å²) in [5.41, 5.74) is 7.04. The molecule has 5 heteroatoms. The largest absolute Gasteiger partial charge is 0.508 e. The fourth-order valence-corrected chi connectivity index (χ4v) is 1.72. The van der Waals surface area contributed by atoms with Crippen LogP contribution in [-0.4, -0.2) is 15.2 Å². The van der Waals surface area contributed by atoms with Gasteiger partial charge in [-0.2, -0.15) is 4.98 Å². The summed E-state index contributed by atoms with van der Waals surface area (Å²) in [6.07, 6.45) is 2.38. The van der Waals surface area contributed by atoms with E-state index >= 15 is 0 Å². The fourth-order valence-electron chi connectivity index (χ4n) is 1.72. The number of hydrogen-bond donors (Lipinski definition) is 2. The molecule has 0 saturated carbocycles. The highest BCUT2D eigenvalue weighted by atomic mass is 16.5. The molecule has 1 atom stereocenters. The third kappa shape index (κ3) is 3.07. The molecule has 0 amide bonds. The van der Waals surface area contributed by atoms with Crippen molar-refractivity contribution in [3.63, 3.8) is 0 Å². The van der Waals surface area contributed by atoms with Gasteiger partial charge in [0.05, 0.1) is 6.04 Å². The lowest BCUT2D eigenvalue weighted by atomic mass is 10.1. The van der Waals surface area contributed by atoms with E-state index in [4.69, 9.17) is 10.3 Å². The molecular formula is C13H17N3O2. The number of hydrogen-bond acceptors (Lipinski definition) is 5. The minimum absolute atomic E-state index is 0.246. The van der Waals surface area contributed by atoms with E-state index in [0.29, 0.717) is 18.1 Å². The average molecular weight is 247 g/mol. The van der Waals surface area contributed by atoms with Crippen molar-refractivity contribution >= 4 is 0 Å². The summed E-state index contributed by atoms with van der Waals surface area (Å²) in [6.45, 7) is 2.06.